The summed E-state index contributed by atoms with van der Waals surface area (Å²) in [5.41, 5.74) is 6.82. The van der Waals surface area contributed by atoms with Gasteiger partial charge in [0.2, 0.25) is 0 Å². The number of aromatic nitrogens is 1. The Labute approximate surface area is 238 Å². The van der Waals surface area contributed by atoms with Gasteiger partial charge >= 0.3 is 5.97 Å². The van der Waals surface area contributed by atoms with Gasteiger partial charge in [0.05, 0.1) is 17.4 Å². The van der Waals surface area contributed by atoms with E-state index in [4.69, 9.17) is 4.74 Å². The van der Waals surface area contributed by atoms with Gasteiger partial charge in [-0.3, -0.25) is 4.90 Å². The molecule has 3 aliphatic rings. The van der Waals surface area contributed by atoms with Crippen LogP contribution >= 0.6 is 12.4 Å². The van der Waals surface area contributed by atoms with Crippen LogP contribution in [-0.4, -0.2) is 66.0 Å². The molecule has 6 nitrogen and oxygen atoms in total. The Balaban J connectivity index is 0.00000308. The van der Waals surface area contributed by atoms with E-state index in [0.717, 1.165) is 51.4 Å². The predicted molar refractivity (Wildman–Crippen MR) is 161 cm³/mol. The highest BCUT2D eigenvalue weighted by Gasteiger charge is 2.31. The van der Waals surface area contributed by atoms with E-state index in [1.807, 2.05) is 6.07 Å². The zero-order chi connectivity index (χ0) is 26.1. The number of likely N-dealkylation sites (tertiary alicyclic amines) is 1. The van der Waals surface area contributed by atoms with Crippen LogP contribution in [0.15, 0.2) is 42.5 Å². The smallest absolute Gasteiger partial charge is 0.335 e. The lowest BCUT2D eigenvalue weighted by molar-refractivity contribution is 0.00677. The second-order valence-corrected chi connectivity index (χ2v) is 11.3. The molecular weight excluding hydrogens is 510 g/mol. The van der Waals surface area contributed by atoms with E-state index in [2.05, 4.69) is 51.6 Å². The summed E-state index contributed by atoms with van der Waals surface area (Å²) in [6, 6.07) is 14.7. The van der Waals surface area contributed by atoms with E-state index in [9.17, 15) is 9.90 Å². The first-order valence-electron chi connectivity index (χ1n) is 14.7. The fourth-order valence-electron chi connectivity index (χ4n) is 7.21. The summed E-state index contributed by atoms with van der Waals surface area (Å²) in [7, 11) is 0. The van der Waals surface area contributed by atoms with Gasteiger partial charge in [-0.1, -0.05) is 43.5 Å². The number of rotatable bonds is 7. The standard InChI is InChI=1S/C32H41N3O3.ClH/c1-2-38-25-11-8-16-33(22-25)17-18-34-19-20-35-29-21-24(32(36)37)14-15-26(29)30(23-9-4-3-5-10-23)31(35)27-12-6-7-13-28(27)34;/h6-7,12-15,21,23,25H,2-5,8-11,16-20,22H2,1H3,(H,36,37);1H. The number of aromatic carboxylic acids is 1. The van der Waals surface area contributed by atoms with E-state index in [-0.39, 0.29) is 12.4 Å². The van der Waals surface area contributed by atoms with Gasteiger partial charge in [-0.25, -0.2) is 4.79 Å². The number of hydrogen-bond donors (Lipinski definition) is 1. The fraction of sp³-hybridized carbons (Fsp3) is 0.531. The third-order valence-corrected chi connectivity index (χ3v) is 9.01. The normalized spacial score (nSPS) is 20.2. The van der Waals surface area contributed by atoms with E-state index < -0.39 is 5.97 Å². The number of carbonyl (C=O) groups is 1. The first kappa shape index (κ1) is 28.0. The van der Waals surface area contributed by atoms with Crippen LogP contribution in [0.2, 0.25) is 0 Å². The topological polar surface area (TPSA) is 57.9 Å². The average Bonchev–Trinajstić information content (AvgIpc) is 3.18. The molecule has 2 aliphatic heterocycles. The summed E-state index contributed by atoms with van der Waals surface area (Å²) < 4.78 is 8.39. The van der Waals surface area contributed by atoms with Crippen molar-refractivity contribution in [2.75, 3.05) is 44.2 Å². The molecule has 7 heteroatoms. The minimum atomic E-state index is -0.857. The molecule has 1 N–H and O–H groups in total. The number of nitrogens with zero attached hydrogens (tertiary/aromatic N) is 3. The Bertz CT molecular complexity index is 1300. The number of benzene rings is 2. The highest BCUT2D eigenvalue weighted by atomic mass is 35.5. The van der Waals surface area contributed by atoms with Gasteiger partial charge in [0, 0.05) is 61.5 Å². The summed E-state index contributed by atoms with van der Waals surface area (Å²) >= 11 is 0. The van der Waals surface area contributed by atoms with Crippen LogP contribution in [0, 0.1) is 0 Å². The second-order valence-electron chi connectivity index (χ2n) is 11.3. The third-order valence-electron chi connectivity index (χ3n) is 9.01. The lowest BCUT2D eigenvalue weighted by Crippen LogP contribution is -2.44. The lowest BCUT2D eigenvalue weighted by Gasteiger charge is -2.34. The molecule has 3 aromatic rings. The third kappa shape index (κ3) is 5.57. The Morgan fingerprint density at radius 3 is 2.59 bits per heavy atom. The quantitative estimate of drug-likeness (QED) is 0.350. The van der Waals surface area contributed by atoms with Crippen molar-refractivity contribution >= 4 is 35.0 Å². The molecule has 0 radical (unpaired) electrons. The Hall–Kier alpha value is -2.54. The monoisotopic (exact) mass is 551 g/mol. The SMILES string of the molecule is CCOC1CCCN(CCN2CCn3c(c(C4CCCCC4)c4ccc(C(=O)O)cc43)-c3ccccc32)C1.Cl. The van der Waals surface area contributed by atoms with Gasteiger partial charge in [0.25, 0.3) is 0 Å². The molecule has 1 aromatic heterocycles. The number of piperidine rings is 1. The van der Waals surface area contributed by atoms with Crippen molar-refractivity contribution in [3.05, 3.63) is 53.6 Å². The molecule has 210 valence electrons. The van der Waals surface area contributed by atoms with Crippen LogP contribution in [0.4, 0.5) is 5.69 Å². The molecule has 1 aliphatic carbocycles. The number of para-hydroxylation sites is 1. The van der Waals surface area contributed by atoms with Gasteiger partial charge in [0.1, 0.15) is 0 Å². The molecule has 3 heterocycles. The molecule has 0 bridgehead atoms. The molecule has 1 unspecified atom stereocenters. The van der Waals surface area contributed by atoms with Gasteiger partial charge in [-0.05, 0) is 68.8 Å². The molecule has 0 amide bonds. The maximum atomic E-state index is 11.9. The number of carboxylic acids is 1. The molecule has 39 heavy (non-hydrogen) atoms. The van der Waals surface area contributed by atoms with Crippen LogP contribution in [0.5, 0.6) is 0 Å². The Morgan fingerprint density at radius 1 is 0.974 bits per heavy atom. The van der Waals surface area contributed by atoms with Crippen molar-refractivity contribution in [2.24, 2.45) is 0 Å². The van der Waals surface area contributed by atoms with E-state index in [0.29, 0.717) is 17.6 Å². The van der Waals surface area contributed by atoms with E-state index in [1.54, 1.807) is 6.07 Å². The summed E-state index contributed by atoms with van der Waals surface area (Å²) in [6.45, 7) is 8.84. The highest BCUT2D eigenvalue weighted by molar-refractivity contribution is 5.99. The number of carboxylic acid groups (broad SMARTS) is 1. The lowest BCUT2D eigenvalue weighted by atomic mass is 9.81. The first-order chi connectivity index (χ1) is 18.6. The number of fused-ring (bicyclic) bond motifs is 5. The van der Waals surface area contributed by atoms with Crippen molar-refractivity contribution < 1.29 is 14.6 Å². The maximum Gasteiger partial charge on any atom is 0.335 e. The maximum absolute atomic E-state index is 11.9. The zero-order valence-electron chi connectivity index (χ0n) is 23.1. The molecular formula is C32H42ClN3O3. The summed E-state index contributed by atoms with van der Waals surface area (Å²) in [6.07, 6.45) is 9.03. The minimum Gasteiger partial charge on any atom is -0.478 e. The van der Waals surface area contributed by atoms with Crippen molar-refractivity contribution in [1.82, 2.24) is 9.47 Å². The van der Waals surface area contributed by atoms with Gasteiger partial charge in [-0.2, -0.15) is 0 Å². The van der Waals surface area contributed by atoms with Crippen molar-refractivity contribution in [2.45, 2.75) is 70.4 Å². The zero-order valence-corrected chi connectivity index (χ0v) is 23.9. The molecule has 0 spiro atoms. The Morgan fingerprint density at radius 2 is 1.79 bits per heavy atom. The second kappa shape index (κ2) is 12.3. The fourth-order valence-corrected chi connectivity index (χ4v) is 7.21. The number of anilines is 1. The van der Waals surface area contributed by atoms with E-state index >= 15 is 0 Å². The first-order valence-corrected chi connectivity index (χ1v) is 14.7. The molecule has 2 aromatic carbocycles. The number of ether oxygens (including phenoxy) is 1. The number of halogens is 1. The van der Waals surface area contributed by atoms with Crippen LogP contribution in [0.25, 0.3) is 22.2 Å². The minimum absolute atomic E-state index is 0. The van der Waals surface area contributed by atoms with Gasteiger partial charge < -0.3 is 19.3 Å². The van der Waals surface area contributed by atoms with Crippen molar-refractivity contribution in [3.63, 3.8) is 0 Å². The van der Waals surface area contributed by atoms with Crippen LogP contribution in [-0.2, 0) is 11.3 Å². The Kier molecular flexibility index (Phi) is 8.85. The molecule has 2 fully saturated rings. The highest BCUT2D eigenvalue weighted by Crippen LogP contribution is 2.47. The molecule has 1 atom stereocenters. The average molecular weight is 552 g/mol. The summed E-state index contributed by atoms with van der Waals surface area (Å²) in [4.78, 5) is 17.0. The molecule has 1 saturated carbocycles. The van der Waals surface area contributed by atoms with E-state index in [1.165, 1.54) is 72.8 Å². The van der Waals surface area contributed by atoms with Crippen LogP contribution in [0.1, 0.15) is 73.7 Å². The van der Waals surface area contributed by atoms with Crippen LogP contribution in [0.3, 0.4) is 0 Å². The summed E-state index contributed by atoms with van der Waals surface area (Å²) in [5.74, 6) is -0.328. The van der Waals surface area contributed by atoms with Crippen LogP contribution < -0.4 is 4.90 Å². The molecule has 1 saturated heterocycles. The molecule has 6 rings (SSSR count). The largest absolute Gasteiger partial charge is 0.478 e. The van der Waals surface area contributed by atoms with Crippen molar-refractivity contribution in [3.8, 4) is 11.3 Å². The van der Waals surface area contributed by atoms with Gasteiger partial charge in [-0.15, -0.1) is 12.4 Å². The summed E-state index contributed by atoms with van der Waals surface area (Å²) in [5, 5.41) is 11.0. The number of hydrogen-bond acceptors (Lipinski definition) is 4. The van der Waals surface area contributed by atoms with Gasteiger partial charge in [0.15, 0.2) is 0 Å². The van der Waals surface area contributed by atoms with Crippen molar-refractivity contribution in [1.29, 1.82) is 0 Å². The predicted octanol–water partition coefficient (Wildman–Crippen LogP) is 6.80.